The second-order valence-corrected chi connectivity index (χ2v) is 11.2. The minimum atomic E-state index is -1.96. The van der Waals surface area contributed by atoms with Gasteiger partial charge in [0.25, 0.3) is 0 Å². The van der Waals surface area contributed by atoms with Crippen LogP contribution < -0.4 is 0 Å². The fraction of sp³-hybridized carbons (Fsp3) is 1.00. The van der Waals surface area contributed by atoms with Crippen LogP contribution in [0.1, 0.15) is 0 Å². The molecule has 0 aliphatic carbocycles. The number of ether oxygens (including phenoxy) is 7. The zero-order valence-corrected chi connectivity index (χ0v) is 23.5. The lowest BCUT2D eigenvalue weighted by Gasteiger charge is -2.45. The first kappa shape index (κ1) is 37.0. The van der Waals surface area contributed by atoms with E-state index in [1.54, 1.807) is 0 Å². The van der Waals surface area contributed by atoms with E-state index >= 15 is 0 Å². The van der Waals surface area contributed by atoms with Crippen LogP contribution in [0.25, 0.3) is 0 Å². The summed E-state index contributed by atoms with van der Waals surface area (Å²) in [6.45, 7) is -2.86. The van der Waals surface area contributed by atoms with Crippen molar-refractivity contribution < 1.29 is 105 Å². The van der Waals surface area contributed by atoms with Crippen LogP contribution in [0.3, 0.4) is 0 Å². The third-order valence-corrected chi connectivity index (χ3v) is 8.17. The van der Waals surface area contributed by atoms with Gasteiger partial charge in [0.15, 0.2) is 25.2 Å². The van der Waals surface area contributed by atoms with E-state index in [2.05, 4.69) is 0 Å². The molecule has 4 saturated heterocycles. The van der Waals surface area contributed by atoms with Crippen molar-refractivity contribution in [1.82, 2.24) is 0 Å². The molecule has 21 nitrogen and oxygen atoms in total. The van der Waals surface area contributed by atoms with Gasteiger partial charge in [-0.05, 0) is 0 Å². The summed E-state index contributed by atoms with van der Waals surface area (Å²) in [5.74, 6) is 0. The molecule has 0 amide bonds. The van der Waals surface area contributed by atoms with Crippen LogP contribution in [-0.4, -0.2) is 221 Å². The van der Waals surface area contributed by atoms with E-state index in [9.17, 15) is 71.5 Å². The molecule has 0 aromatic rings. The van der Waals surface area contributed by atoms with Crippen molar-refractivity contribution >= 4 is 0 Å². The standard InChI is InChI=1S/C24H42O21/c25-1-5-10(28)16(34)20(21(38)41-5)45-24-19(37)15(33)12(30)8(44-24)4-40-23-18(36)14(32)11(29)7(43-23)3-39-22-17(35)13(31)9(27)6(2-26)42-22/h5-38H,1-4H2/t5-,6-,7-,8-,9-,10-,11-,12+,13+,14+,15+,16+,17-,18-,19-,20-,21?,22-,23-,24-/m1/s1. The van der Waals surface area contributed by atoms with Gasteiger partial charge in [0, 0.05) is 0 Å². The Morgan fingerprint density at radius 1 is 0.378 bits per heavy atom. The summed E-state index contributed by atoms with van der Waals surface area (Å²) >= 11 is 0. The maximum atomic E-state index is 10.5. The molecule has 264 valence electrons. The van der Waals surface area contributed by atoms with Crippen molar-refractivity contribution in [2.24, 2.45) is 0 Å². The highest BCUT2D eigenvalue weighted by Crippen LogP contribution is 2.30. The molecule has 4 heterocycles. The lowest BCUT2D eigenvalue weighted by molar-refractivity contribution is -0.368. The normalized spacial score (nSPS) is 52.9. The third kappa shape index (κ3) is 7.75. The van der Waals surface area contributed by atoms with E-state index in [4.69, 9.17) is 33.2 Å². The van der Waals surface area contributed by atoms with Gasteiger partial charge < -0.3 is 105 Å². The average molecular weight is 667 g/mol. The summed E-state index contributed by atoms with van der Waals surface area (Å²) in [4.78, 5) is 0. The van der Waals surface area contributed by atoms with E-state index in [0.29, 0.717) is 0 Å². The Hall–Kier alpha value is -0.840. The van der Waals surface area contributed by atoms with E-state index < -0.39 is 149 Å². The molecular weight excluding hydrogens is 624 g/mol. The highest BCUT2D eigenvalue weighted by Gasteiger charge is 2.52. The molecule has 4 aliphatic rings. The van der Waals surface area contributed by atoms with E-state index in [1.165, 1.54) is 0 Å². The Labute approximate surface area is 254 Å². The van der Waals surface area contributed by atoms with Gasteiger partial charge in [-0.25, -0.2) is 0 Å². The van der Waals surface area contributed by atoms with Crippen LogP contribution >= 0.6 is 0 Å². The number of hydrogen-bond donors (Lipinski definition) is 14. The van der Waals surface area contributed by atoms with Gasteiger partial charge in [0.2, 0.25) is 0 Å². The molecule has 4 rings (SSSR count). The zero-order chi connectivity index (χ0) is 33.3. The van der Waals surface area contributed by atoms with Gasteiger partial charge >= 0.3 is 0 Å². The number of hydrogen-bond acceptors (Lipinski definition) is 21. The molecule has 4 fully saturated rings. The van der Waals surface area contributed by atoms with E-state index in [0.717, 1.165) is 0 Å². The predicted molar refractivity (Wildman–Crippen MR) is 134 cm³/mol. The first-order valence-electron chi connectivity index (χ1n) is 14.1. The quantitative estimate of drug-likeness (QED) is 0.103. The second-order valence-electron chi connectivity index (χ2n) is 11.2. The number of rotatable bonds is 10. The second kappa shape index (κ2) is 15.6. The number of aliphatic hydroxyl groups excluding tert-OH is 14. The van der Waals surface area contributed by atoms with Gasteiger partial charge in [0.1, 0.15) is 97.7 Å². The molecule has 45 heavy (non-hydrogen) atoms. The molecule has 1 unspecified atom stereocenters. The Bertz CT molecular complexity index is 916. The summed E-state index contributed by atoms with van der Waals surface area (Å²) in [5.41, 5.74) is 0. The van der Waals surface area contributed by atoms with Gasteiger partial charge in [-0.2, -0.15) is 0 Å². The van der Waals surface area contributed by atoms with Gasteiger partial charge in [-0.3, -0.25) is 0 Å². The number of aliphatic hydroxyl groups is 14. The molecule has 0 aromatic carbocycles. The maximum Gasteiger partial charge on any atom is 0.187 e. The minimum Gasteiger partial charge on any atom is -0.394 e. The Morgan fingerprint density at radius 2 is 0.733 bits per heavy atom. The van der Waals surface area contributed by atoms with Crippen LogP contribution in [0, 0.1) is 0 Å². The highest BCUT2D eigenvalue weighted by atomic mass is 16.8. The molecule has 0 spiro atoms. The fourth-order valence-corrected chi connectivity index (χ4v) is 5.32. The van der Waals surface area contributed by atoms with E-state index in [-0.39, 0.29) is 0 Å². The topological polar surface area (TPSA) is 348 Å². The third-order valence-electron chi connectivity index (χ3n) is 8.17. The van der Waals surface area contributed by atoms with Crippen molar-refractivity contribution in [3.05, 3.63) is 0 Å². The average Bonchev–Trinajstić information content (AvgIpc) is 3.02. The molecule has 0 bridgehead atoms. The highest BCUT2D eigenvalue weighted by molar-refractivity contribution is 4.95. The molecule has 4 aliphatic heterocycles. The minimum absolute atomic E-state index is 0.645. The fourth-order valence-electron chi connectivity index (χ4n) is 5.32. The summed E-state index contributed by atoms with van der Waals surface area (Å²) in [6, 6.07) is 0. The molecule has 20 atom stereocenters. The predicted octanol–water partition coefficient (Wildman–Crippen LogP) is -9.75. The van der Waals surface area contributed by atoms with Crippen LogP contribution in [0.2, 0.25) is 0 Å². The monoisotopic (exact) mass is 666 g/mol. The Kier molecular flexibility index (Phi) is 12.8. The SMILES string of the molecule is OC[C@H]1O[C@@H](OC[C@H]2O[C@@H](OC[C@H]3O[C@H](O[C@H]4C(O)O[C@H](CO)[C@@H](O)[C@@H]4O)[C@H](O)[C@@H](O)[C@H]3O)[C@H](O)[C@@H](O)[C@@H]2O)[C@H](O)[C@@H](O)[C@@H]1O. The van der Waals surface area contributed by atoms with Crippen molar-refractivity contribution in [2.75, 3.05) is 26.4 Å². The first-order valence-corrected chi connectivity index (χ1v) is 14.1. The molecule has 14 N–H and O–H groups in total. The van der Waals surface area contributed by atoms with Crippen LogP contribution in [0.15, 0.2) is 0 Å². The molecule has 0 radical (unpaired) electrons. The summed E-state index contributed by atoms with van der Waals surface area (Å²) < 4.78 is 37.2. The lowest BCUT2D eigenvalue weighted by atomic mass is 9.97. The van der Waals surface area contributed by atoms with Crippen molar-refractivity contribution in [3.8, 4) is 0 Å². The van der Waals surface area contributed by atoms with Gasteiger partial charge in [-0.15, -0.1) is 0 Å². The van der Waals surface area contributed by atoms with Crippen molar-refractivity contribution in [2.45, 2.75) is 123 Å². The van der Waals surface area contributed by atoms with Gasteiger partial charge in [0.05, 0.1) is 26.4 Å². The Morgan fingerprint density at radius 3 is 1.20 bits per heavy atom. The van der Waals surface area contributed by atoms with Crippen LogP contribution in [0.5, 0.6) is 0 Å². The lowest BCUT2D eigenvalue weighted by Crippen LogP contribution is -2.65. The summed E-state index contributed by atoms with van der Waals surface area (Å²) in [6.07, 6.45) is -34.6. The van der Waals surface area contributed by atoms with Gasteiger partial charge in [-0.1, -0.05) is 0 Å². The first-order chi connectivity index (χ1) is 21.2. The molecular formula is C24H42O21. The zero-order valence-electron chi connectivity index (χ0n) is 23.5. The Balaban J connectivity index is 1.36. The molecule has 21 heteroatoms. The summed E-state index contributed by atoms with van der Waals surface area (Å²) in [5, 5.41) is 141. The van der Waals surface area contributed by atoms with Crippen molar-refractivity contribution in [3.63, 3.8) is 0 Å². The maximum absolute atomic E-state index is 10.5. The largest absolute Gasteiger partial charge is 0.394 e. The van der Waals surface area contributed by atoms with E-state index in [1.807, 2.05) is 0 Å². The molecule has 0 aromatic heterocycles. The molecule has 0 saturated carbocycles. The smallest absolute Gasteiger partial charge is 0.187 e. The van der Waals surface area contributed by atoms with Crippen LogP contribution in [0.4, 0.5) is 0 Å². The van der Waals surface area contributed by atoms with Crippen LogP contribution in [-0.2, 0) is 33.2 Å². The van der Waals surface area contributed by atoms with Crippen molar-refractivity contribution in [1.29, 1.82) is 0 Å². The summed E-state index contributed by atoms with van der Waals surface area (Å²) in [7, 11) is 0.